The molecule has 0 spiro atoms. The van der Waals surface area contributed by atoms with E-state index in [1.165, 1.54) is 0 Å². The van der Waals surface area contributed by atoms with E-state index in [9.17, 15) is 4.79 Å². The highest BCUT2D eigenvalue weighted by atomic mass is 16.5. The molecule has 2 heterocycles. The summed E-state index contributed by atoms with van der Waals surface area (Å²) in [7, 11) is 0. The predicted molar refractivity (Wildman–Crippen MR) is 75.1 cm³/mol. The van der Waals surface area contributed by atoms with Gasteiger partial charge in [0.25, 0.3) is 0 Å². The normalized spacial score (nSPS) is 43.2. The highest BCUT2D eigenvalue weighted by molar-refractivity contribution is 5.89. The molecule has 2 aliphatic heterocycles. The van der Waals surface area contributed by atoms with Crippen molar-refractivity contribution in [2.45, 2.75) is 57.2 Å². The van der Waals surface area contributed by atoms with Crippen molar-refractivity contribution in [3.63, 3.8) is 0 Å². The van der Waals surface area contributed by atoms with E-state index in [0.717, 1.165) is 38.9 Å². The van der Waals surface area contributed by atoms with E-state index in [-0.39, 0.29) is 29.4 Å². The van der Waals surface area contributed by atoms with Crippen molar-refractivity contribution >= 4 is 5.91 Å². The topological polar surface area (TPSA) is 73.6 Å². The third-order valence-electron chi connectivity index (χ3n) is 5.56. The van der Waals surface area contributed by atoms with Gasteiger partial charge < -0.3 is 20.5 Å². The van der Waals surface area contributed by atoms with Crippen LogP contribution in [0.4, 0.5) is 0 Å². The molecule has 3 fully saturated rings. The summed E-state index contributed by atoms with van der Waals surface area (Å²) in [5.74, 6) is 0.125. The standard InChI is InChI=1S/C15H26N2O3/c1-14(2)12-11(6-4-8-20-12)15(14,16)13(18)17-10-5-3-7-19-9-10/h10-12H,3-9,16H2,1-2H3,(H,17,18). The zero-order valence-corrected chi connectivity index (χ0v) is 12.5. The third kappa shape index (κ3) is 1.90. The van der Waals surface area contributed by atoms with Crippen molar-refractivity contribution < 1.29 is 14.3 Å². The minimum atomic E-state index is -0.810. The molecule has 1 aliphatic carbocycles. The Morgan fingerprint density at radius 1 is 1.25 bits per heavy atom. The van der Waals surface area contributed by atoms with E-state index in [0.29, 0.717) is 6.61 Å². The Morgan fingerprint density at radius 3 is 2.70 bits per heavy atom. The molecule has 2 saturated heterocycles. The van der Waals surface area contributed by atoms with E-state index in [1.54, 1.807) is 0 Å². The molecule has 3 N–H and O–H groups in total. The number of amides is 1. The van der Waals surface area contributed by atoms with E-state index < -0.39 is 5.54 Å². The molecule has 0 aromatic carbocycles. The lowest BCUT2D eigenvalue weighted by molar-refractivity contribution is -0.225. The molecule has 5 nitrogen and oxygen atoms in total. The quantitative estimate of drug-likeness (QED) is 0.786. The zero-order chi connectivity index (χ0) is 14.4. The first-order valence-electron chi connectivity index (χ1n) is 7.77. The summed E-state index contributed by atoms with van der Waals surface area (Å²) in [5.41, 5.74) is 5.45. The van der Waals surface area contributed by atoms with Crippen LogP contribution < -0.4 is 11.1 Å². The first-order chi connectivity index (χ1) is 9.48. The maximum atomic E-state index is 12.7. The van der Waals surface area contributed by atoms with Crippen LogP contribution in [0.15, 0.2) is 0 Å². The van der Waals surface area contributed by atoms with Gasteiger partial charge in [-0.1, -0.05) is 13.8 Å². The summed E-state index contributed by atoms with van der Waals surface area (Å²) in [5, 5.41) is 3.11. The lowest BCUT2D eigenvalue weighted by Crippen LogP contribution is -2.82. The Bertz CT molecular complexity index is 393. The predicted octanol–water partition coefficient (Wildman–Crippen LogP) is 0.814. The van der Waals surface area contributed by atoms with Gasteiger partial charge in [-0.05, 0) is 25.7 Å². The molecule has 0 bridgehead atoms. The van der Waals surface area contributed by atoms with Crippen molar-refractivity contribution in [2.24, 2.45) is 17.1 Å². The summed E-state index contributed by atoms with van der Waals surface area (Å²) in [6.07, 6.45) is 4.08. The van der Waals surface area contributed by atoms with Gasteiger partial charge in [-0.25, -0.2) is 0 Å². The van der Waals surface area contributed by atoms with E-state index in [4.69, 9.17) is 15.2 Å². The van der Waals surface area contributed by atoms with Crippen LogP contribution in [0, 0.1) is 11.3 Å². The molecular formula is C15H26N2O3. The molecule has 5 heteroatoms. The number of nitrogens with two attached hydrogens (primary N) is 1. The van der Waals surface area contributed by atoms with E-state index in [2.05, 4.69) is 19.2 Å². The smallest absolute Gasteiger partial charge is 0.241 e. The molecule has 4 atom stereocenters. The van der Waals surface area contributed by atoms with Crippen molar-refractivity contribution in [1.29, 1.82) is 0 Å². The molecule has 0 aromatic heterocycles. The van der Waals surface area contributed by atoms with Gasteiger partial charge in [-0.3, -0.25) is 4.79 Å². The Balaban J connectivity index is 1.71. The fraction of sp³-hybridized carbons (Fsp3) is 0.933. The molecule has 0 aromatic rings. The van der Waals surface area contributed by atoms with Crippen LogP contribution in [0.1, 0.15) is 39.5 Å². The van der Waals surface area contributed by atoms with Gasteiger partial charge in [-0.2, -0.15) is 0 Å². The van der Waals surface area contributed by atoms with Crippen LogP contribution in [-0.2, 0) is 14.3 Å². The van der Waals surface area contributed by atoms with Gasteiger partial charge in [0.1, 0.15) is 5.54 Å². The SMILES string of the molecule is CC1(C)C2OCCCC2C1(N)C(=O)NC1CCCOC1. The number of carbonyl (C=O) groups is 1. The summed E-state index contributed by atoms with van der Waals surface area (Å²) in [4.78, 5) is 12.7. The number of rotatable bonds is 2. The maximum Gasteiger partial charge on any atom is 0.241 e. The van der Waals surface area contributed by atoms with Crippen molar-refractivity contribution in [3.8, 4) is 0 Å². The molecule has 1 amide bonds. The van der Waals surface area contributed by atoms with Crippen molar-refractivity contribution in [3.05, 3.63) is 0 Å². The van der Waals surface area contributed by atoms with Gasteiger partial charge in [0.15, 0.2) is 0 Å². The molecule has 20 heavy (non-hydrogen) atoms. The Morgan fingerprint density at radius 2 is 2.00 bits per heavy atom. The first-order valence-corrected chi connectivity index (χ1v) is 7.77. The lowest BCUT2D eigenvalue weighted by Gasteiger charge is -2.65. The van der Waals surface area contributed by atoms with Gasteiger partial charge in [-0.15, -0.1) is 0 Å². The Hall–Kier alpha value is -0.650. The minimum Gasteiger partial charge on any atom is -0.379 e. The minimum absolute atomic E-state index is 0.0234. The number of fused-ring (bicyclic) bond motifs is 1. The maximum absolute atomic E-state index is 12.7. The van der Waals surface area contributed by atoms with Gasteiger partial charge >= 0.3 is 0 Å². The second-order valence-electron chi connectivity index (χ2n) is 7.02. The summed E-state index contributed by atoms with van der Waals surface area (Å²) >= 11 is 0. The van der Waals surface area contributed by atoms with Crippen molar-refractivity contribution in [2.75, 3.05) is 19.8 Å². The molecule has 114 valence electrons. The monoisotopic (exact) mass is 282 g/mol. The van der Waals surface area contributed by atoms with E-state index >= 15 is 0 Å². The van der Waals surface area contributed by atoms with Gasteiger partial charge in [0.2, 0.25) is 5.91 Å². The molecule has 0 radical (unpaired) electrons. The lowest BCUT2D eigenvalue weighted by atomic mass is 9.46. The summed E-state index contributed by atoms with van der Waals surface area (Å²) < 4.78 is 11.3. The largest absolute Gasteiger partial charge is 0.379 e. The average Bonchev–Trinajstić information content (AvgIpc) is 2.47. The van der Waals surface area contributed by atoms with Gasteiger partial charge in [0, 0.05) is 24.5 Å². The van der Waals surface area contributed by atoms with Crippen LogP contribution in [0.25, 0.3) is 0 Å². The molecule has 1 saturated carbocycles. The first kappa shape index (κ1) is 14.3. The Labute approximate surface area is 120 Å². The number of ether oxygens (including phenoxy) is 2. The highest BCUT2D eigenvalue weighted by Crippen LogP contribution is 2.57. The summed E-state index contributed by atoms with van der Waals surface area (Å²) in [6, 6.07) is 0.107. The molecule has 3 aliphatic rings. The molecule has 3 rings (SSSR count). The second kappa shape index (κ2) is 4.97. The molecule has 4 unspecified atom stereocenters. The van der Waals surface area contributed by atoms with Crippen LogP contribution in [0.2, 0.25) is 0 Å². The Kier molecular flexibility index (Phi) is 3.55. The second-order valence-corrected chi connectivity index (χ2v) is 7.02. The van der Waals surface area contributed by atoms with Crippen LogP contribution in [0.3, 0.4) is 0 Å². The van der Waals surface area contributed by atoms with Crippen molar-refractivity contribution in [1.82, 2.24) is 5.32 Å². The fourth-order valence-corrected chi connectivity index (χ4v) is 4.20. The number of hydrogen-bond acceptors (Lipinski definition) is 4. The van der Waals surface area contributed by atoms with Crippen LogP contribution in [-0.4, -0.2) is 43.4 Å². The van der Waals surface area contributed by atoms with Crippen LogP contribution >= 0.6 is 0 Å². The third-order valence-corrected chi connectivity index (χ3v) is 5.56. The molecular weight excluding hydrogens is 256 g/mol. The fourth-order valence-electron chi connectivity index (χ4n) is 4.20. The average molecular weight is 282 g/mol. The van der Waals surface area contributed by atoms with Crippen LogP contribution in [0.5, 0.6) is 0 Å². The van der Waals surface area contributed by atoms with Gasteiger partial charge in [0.05, 0.1) is 18.8 Å². The highest BCUT2D eigenvalue weighted by Gasteiger charge is 2.70. The number of hydrogen-bond donors (Lipinski definition) is 2. The summed E-state index contributed by atoms with van der Waals surface area (Å²) in [6.45, 7) is 6.29. The number of carbonyl (C=O) groups excluding carboxylic acids is 1. The number of nitrogens with one attached hydrogen (secondary N) is 1. The zero-order valence-electron chi connectivity index (χ0n) is 12.5. The van der Waals surface area contributed by atoms with E-state index in [1.807, 2.05) is 0 Å².